The Morgan fingerprint density at radius 1 is 0.250 bits per heavy atom. The summed E-state index contributed by atoms with van der Waals surface area (Å²) in [6.45, 7) is 0. The Balaban J connectivity index is 1.60. The van der Waals surface area contributed by atoms with Crippen molar-refractivity contribution in [3.63, 3.8) is 0 Å². The van der Waals surface area contributed by atoms with Crippen molar-refractivity contribution in [3.05, 3.63) is 133 Å². The first-order valence-electron chi connectivity index (χ1n) is 12.5. The summed E-state index contributed by atoms with van der Waals surface area (Å²) in [5.41, 5.74) is 2.49. The molecule has 0 atom stereocenters. The van der Waals surface area contributed by atoms with Crippen LogP contribution in [0, 0.1) is 0 Å². The first kappa shape index (κ1) is 19.6. The fourth-order valence-corrected chi connectivity index (χ4v) is 6.11. The van der Waals surface area contributed by atoms with Crippen LogP contribution >= 0.6 is 0 Å². The molecule has 8 aromatic carbocycles. The van der Waals surface area contributed by atoms with E-state index in [-0.39, 0.29) is 0 Å². The number of benzene rings is 7. The standard InChI is InChI=1S/C36H22/c1-2-8-26-21-27(18-15-23(26)7-1)28-19-20-31-33-14-6-10-25-17-16-24-9-5-13-32(35(24)36(25)33)29-11-3-4-12-30(29)34(31)22-28/h1-22H. The highest BCUT2D eigenvalue weighted by molar-refractivity contribution is 6.32. The minimum atomic E-state index is 1.24. The highest BCUT2D eigenvalue weighted by atomic mass is 14.2. The number of fused-ring (bicyclic) bond motifs is 6. The van der Waals surface area contributed by atoms with Gasteiger partial charge in [-0.2, -0.15) is 0 Å². The van der Waals surface area contributed by atoms with Crippen LogP contribution in [0.2, 0.25) is 0 Å². The molecule has 0 saturated carbocycles. The summed E-state index contributed by atoms with van der Waals surface area (Å²) in [4.78, 5) is 0. The van der Waals surface area contributed by atoms with Crippen molar-refractivity contribution in [1.29, 1.82) is 0 Å². The third-order valence-corrected chi connectivity index (χ3v) is 7.79. The maximum Gasteiger partial charge on any atom is -0.00203 e. The molecule has 0 amide bonds. The monoisotopic (exact) mass is 454 g/mol. The van der Waals surface area contributed by atoms with E-state index in [1.54, 1.807) is 0 Å². The van der Waals surface area contributed by atoms with Gasteiger partial charge in [-0.25, -0.2) is 0 Å². The van der Waals surface area contributed by atoms with E-state index in [4.69, 9.17) is 0 Å². The maximum absolute atomic E-state index is 2.39. The quantitative estimate of drug-likeness (QED) is 0.216. The van der Waals surface area contributed by atoms with Gasteiger partial charge < -0.3 is 0 Å². The highest BCUT2D eigenvalue weighted by Gasteiger charge is 2.12. The Labute approximate surface area is 209 Å². The molecule has 0 unspecified atom stereocenters. The van der Waals surface area contributed by atoms with Crippen molar-refractivity contribution in [2.75, 3.05) is 0 Å². The molecule has 0 aliphatic rings. The van der Waals surface area contributed by atoms with Gasteiger partial charge in [0.25, 0.3) is 0 Å². The smallest absolute Gasteiger partial charge is 0.00203 e. The predicted octanol–water partition coefficient (Wildman–Crippen LogP) is 10.3. The molecule has 0 heteroatoms. The van der Waals surface area contributed by atoms with Crippen molar-refractivity contribution in [3.8, 4) is 11.1 Å². The summed E-state index contributed by atoms with van der Waals surface area (Å²) in [6, 6.07) is 49.3. The lowest BCUT2D eigenvalue weighted by Gasteiger charge is -2.14. The molecule has 0 N–H and O–H groups in total. The van der Waals surface area contributed by atoms with Crippen LogP contribution in [0.4, 0.5) is 0 Å². The Morgan fingerprint density at radius 2 is 0.722 bits per heavy atom. The Hall–Kier alpha value is -4.68. The average Bonchev–Trinajstić information content (AvgIpc) is 2.95. The highest BCUT2D eigenvalue weighted by Crippen LogP contribution is 2.41. The molecule has 0 radical (unpaired) electrons. The largest absolute Gasteiger partial charge is 0.0616 e. The lowest BCUT2D eigenvalue weighted by Crippen LogP contribution is -1.86. The van der Waals surface area contributed by atoms with E-state index in [1.165, 1.54) is 75.8 Å². The summed E-state index contributed by atoms with van der Waals surface area (Å²) < 4.78 is 0. The van der Waals surface area contributed by atoms with Crippen molar-refractivity contribution in [1.82, 2.24) is 0 Å². The summed E-state index contributed by atoms with van der Waals surface area (Å²) in [7, 11) is 0. The third kappa shape index (κ3) is 2.76. The van der Waals surface area contributed by atoms with E-state index in [2.05, 4.69) is 133 Å². The van der Waals surface area contributed by atoms with E-state index in [0.717, 1.165) is 0 Å². The first-order chi connectivity index (χ1) is 17.8. The van der Waals surface area contributed by atoms with Crippen LogP contribution in [0.5, 0.6) is 0 Å². The van der Waals surface area contributed by atoms with Crippen LogP contribution in [-0.4, -0.2) is 0 Å². The molecule has 0 bridgehead atoms. The molecule has 36 heavy (non-hydrogen) atoms. The van der Waals surface area contributed by atoms with Crippen LogP contribution in [0.25, 0.3) is 75.8 Å². The minimum absolute atomic E-state index is 1.24. The molecule has 0 aliphatic carbocycles. The molecule has 8 rings (SSSR count). The normalized spacial score (nSPS) is 11.9. The Bertz CT molecular complexity index is 2150. The summed E-state index contributed by atoms with van der Waals surface area (Å²) in [5.74, 6) is 0. The fraction of sp³-hybridized carbons (Fsp3) is 0. The Morgan fingerprint density at radius 3 is 1.44 bits per heavy atom. The van der Waals surface area contributed by atoms with E-state index in [1.807, 2.05) is 0 Å². The van der Waals surface area contributed by atoms with Crippen molar-refractivity contribution in [2.45, 2.75) is 0 Å². The van der Waals surface area contributed by atoms with Gasteiger partial charge in [-0.15, -0.1) is 0 Å². The molecule has 0 aliphatic heterocycles. The Kier molecular flexibility index (Phi) is 4.03. The second-order valence-electron chi connectivity index (χ2n) is 9.74. The van der Waals surface area contributed by atoms with Gasteiger partial charge in [0.05, 0.1) is 0 Å². The maximum atomic E-state index is 2.39. The van der Waals surface area contributed by atoms with Crippen molar-refractivity contribution >= 4 is 64.6 Å². The van der Waals surface area contributed by atoms with Gasteiger partial charge in [0.15, 0.2) is 0 Å². The lowest BCUT2D eigenvalue weighted by atomic mass is 9.89. The zero-order chi connectivity index (χ0) is 23.6. The number of rotatable bonds is 1. The molecule has 0 nitrogen and oxygen atoms in total. The summed E-state index contributed by atoms with van der Waals surface area (Å²) in [5, 5.41) is 15.6. The van der Waals surface area contributed by atoms with Crippen molar-refractivity contribution in [2.24, 2.45) is 0 Å². The zero-order valence-electron chi connectivity index (χ0n) is 19.7. The average molecular weight is 455 g/mol. The van der Waals surface area contributed by atoms with Gasteiger partial charge in [-0.1, -0.05) is 121 Å². The van der Waals surface area contributed by atoms with Crippen LogP contribution in [0.15, 0.2) is 133 Å². The van der Waals surface area contributed by atoms with E-state index >= 15 is 0 Å². The third-order valence-electron chi connectivity index (χ3n) is 7.79. The fourth-order valence-electron chi connectivity index (χ4n) is 6.11. The van der Waals surface area contributed by atoms with Crippen LogP contribution < -0.4 is 0 Å². The van der Waals surface area contributed by atoms with Gasteiger partial charge in [-0.3, -0.25) is 0 Å². The molecule has 0 spiro atoms. The number of hydrogen-bond acceptors (Lipinski definition) is 0. The molecule has 0 saturated heterocycles. The zero-order valence-corrected chi connectivity index (χ0v) is 19.7. The molecule has 166 valence electrons. The van der Waals surface area contributed by atoms with Crippen LogP contribution in [0.1, 0.15) is 0 Å². The molecule has 0 fully saturated rings. The van der Waals surface area contributed by atoms with E-state index in [9.17, 15) is 0 Å². The van der Waals surface area contributed by atoms with E-state index < -0.39 is 0 Å². The van der Waals surface area contributed by atoms with Gasteiger partial charge in [-0.05, 0) is 87.9 Å². The molecule has 0 heterocycles. The van der Waals surface area contributed by atoms with Gasteiger partial charge in [0, 0.05) is 0 Å². The van der Waals surface area contributed by atoms with Crippen LogP contribution in [0.3, 0.4) is 0 Å². The second kappa shape index (κ2) is 7.41. The van der Waals surface area contributed by atoms with E-state index in [0.29, 0.717) is 0 Å². The topological polar surface area (TPSA) is 0 Å². The van der Waals surface area contributed by atoms with Gasteiger partial charge in [0.1, 0.15) is 0 Å². The molecular weight excluding hydrogens is 432 g/mol. The molecular formula is C36H22. The molecule has 0 aromatic heterocycles. The minimum Gasteiger partial charge on any atom is -0.0616 e. The van der Waals surface area contributed by atoms with Crippen molar-refractivity contribution < 1.29 is 0 Å². The predicted molar refractivity (Wildman–Crippen MR) is 157 cm³/mol. The van der Waals surface area contributed by atoms with Gasteiger partial charge in [0.2, 0.25) is 0 Å². The van der Waals surface area contributed by atoms with Crippen LogP contribution in [-0.2, 0) is 0 Å². The lowest BCUT2D eigenvalue weighted by molar-refractivity contribution is 1.69. The number of hydrogen-bond donors (Lipinski definition) is 0. The second-order valence-corrected chi connectivity index (χ2v) is 9.74. The van der Waals surface area contributed by atoms with Gasteiger partial charge >= 0.3 is 0 Å². The SMILES string of the molecule is c1ccc2cc(-c3ccc4c(c3)c3ccccc3c3cccc5ccc6cccc4c6c53)ccc2c1. The first-order valence-corrected chi connectivity index (χ1v) is 12.5. The summed E-state index contributed by atoms with van der Waals surface area (Å²) >= 11 is 0. The molecule has 8 aromatic rings. The summed E-state index contributed by atoms with van der Waals surface area (Å²) in [6.07, 6.45) is 0.